The van der Waals surface area contributed by atoms with Crippen LogP contribution >= 0.6 is 11.3 Å². The van der Waals surface area contributed by atoms with Gasteiger partial charge in [0.25, 0.3) is 5.91 Å². The van der Waals surface area contributed by atoms with Gasteiger partial charge in [-0.1, -0.05) is 12.1 Å². The van der Waals surface area contributed by atoms with Crippen LogP contribution < -0.4 is 10.1 Å². The van der Waals surface area contributed by atoms with Gasteiger partial charge in [-0.25, -0.2) is 4.98 Å². The van der Waals surface area contributed by atoms with Crippen molar-refractivity contribution >= 4 is 22.4 Å². The molecule has 0 aliphatic carbocycles. The third-order valence-corrected chi connectivity index (χ3v) is 3.06. The summed E-state index contributed by atoms with van der Waals surface area (Å²) in [4.78, 5) is 16.1. The molecule has 1 atom stereocenters. The smallest absolute Gasteiger partial charge is 0.261 e. The van der Waals surface area contributed by atoms with Gasteiger partial charge in [0.15, 0.2) is 5.13 Å². The average Bonchev–Trinajstić information content (AvgIpc) is 2.92. The Bertz CT molecular complexity index is 543. The maximum absolute atomic E-state index is 12.1. The van der Waals surface area contributed by atoms with Gasteiger partial charge in [0, 0.05) is 11.6 Å². The summed E-state index contributed by atoms with van der Waals surface area (Å²) in [7, 11) is 0. The molecule has 0 fully saturated rings. The molecule has 2 rings (SSSR count). The molecule has 0 aliphatic rings. The number of rotatable bonds is 5. The van der Waals surface area contributed by atoms with Gasteiger partial charge in [-0.2, -0.15) is 0 Å². The maximum atomic E-state index is 12.1. The topological polar surface area (TPSA) is 71.5 Å². The standard InChI is InChI=1S/C13H14N2O3S/c1-9(8-16)18-11-5-3-2-4-10(11)12(17)15-13-14-6-7-19-13/h2-7,9,16H,8H2,1H3,(H,14,15,17). The van der Waals surface area contributed by atoms with Crippen molar-refractivity contribution in [2.75, 3.05) is 11.9 Å². The lowest BCUT2D eigenvalue weighted by molar-refractivity contribution is 0.100. The summed E-state index contributed by atoms with van der Waals surface area (Å²) < 4.78 is 5.51. The fourth-order valence-electron chi connectivity index (χ4n) is 1.46. The monoisotopic (exact) mass is 278 g/mol. The number of aromatic nitrogens is 1. The first kappa shape index (κ1) is 13.5. The van der Waals surface area contributed by atoms with Crippen molar-refractivity contribution in [2.45, 2.75) is 13.0 Å². The lowest BCUT2D eigenvalue weighted by Crippen LogP contribution is -2.19. The Labute approximate surface area is 114 Å². The van der Waals surface area contributed by atoms with E-state index in [4.69, 9.17) is 9.84 Å². The number of carbonyl (C=O) groups is 1. The van der Waals surface area contributed by atoms with E-state index in [-0.39, 0.29) is 18.6 Å². The van der Waals surface area contributed by atoms with Crippen molar-refractivity contribution in [3.8, 4) is 5.75 Å². The van der Waals surface area contributed by atoms with Crippen LogP contribution in [0.15, 0.2) is 35.8 Å². The molecule has 1 aromatic carbocycles. The molecule has 0 bridgehead atoms. The van der Waals surface area contributed by atoms with Crippen LogP contribution in [0.4, 0.5) is 5.13 Å². The van der Waals surface area contributed by atoms with Crippen LogP contribution in [0.25, 0.3) is 0 Å². The lowest BCUT2D eigenvalue weighted by Gasteiger charge is -2.14. The highest BCUT2D eigenvalue weighted by Crippen LogP contribution is 2.21. The van der Waals surface area contributed by atoms with Gasteiger partial charge in [-0.05, 0) is 19.1 Å². The van der Waals surface area contributed by atoms with Crippen LogP contribution in [0.1, 0.15) is 17.3 Å². The zero-order valence-electron chi connectivity index (χ0n) is 10.4. The summed E-state index contributed by atoms with van der Waals surface area (Å²) >= 11 is 1.35. The number of aliphatic hydroxyl groups is 1. The second-order valence-electron chi connectivity index (χ2n) is 3.90. The number of nitrogens with zero attached hydrogens (tertiary/aromatic N) is 1. The number of thiazole rings is 1. The van der Waals surface area contributed by atoms with Crippen LogP contribution in [-0.2, 0) is 0 Å². The summed E-state index contributed by atoms with van der Waals surface area (Å²) in [5.41, 5.74) is 0.415. The van der Waals surface area contributed by atoms with Gasteiger partial charge in [0.2, 0.25) is 0 Å². The SMILES string of the molecule is CC(CO)Oc1ccccc1C(=O)Nc1nccs1. The Balaban J connectivity index is 2.16. The van der Waals surface area contributed by atoms with E-state index in [1.807, 2.05) is 0 Å². The number of aliphatic hydroxyl groups excluding tert-OH is 1. The fourth-order valence-corrected chi connectivity index (χ4v) is 1.98. The van der Waals surface area contributed by atoms with Crippen molar-refractivity contribution in [1.82, 2.24) is 4.98 Å². The Hall–Kier alpha value is -1.92. The highest BCUT2D eigenvalue weighted by atomic mass is 32.1. The first-order chi connectivity index (χ1) is 9.20. The lowest BCUT2D eigenvalue weighted by atomic mass is 10.2. The van der Waals surface area contributed by atoms with Gasteiger partial charge < -0.3 is 9.84 Å². The molecule has 19 heavy (non-hydrogen) atoms. The number of amides is 1. The number of hydrogen-bond acceptors (Lipinski definition) is 5. The molecule has 0 spiro atoms. The van der Waals surface area contributed by atoms with E-state index in [2.05, 4.69) is 10.3 Å². The largest absolute Gasteiger partial charge is 0.487 e. The van der Waals surface area contributed by atoms with Crippen LogP contribution in [0.5, 0.6) is 5.75 Å². The van der Waals surface area contributed by atoms with E-state index >= 15 is 0 Å². The molecule has 100 valence electrons. The Morgan fingerprint density at radius 3 is 3.00 bits per heavy atom. The van der Waals surface area contributed by atoms with Crippen LogP contribution in [0.3, 0.4) is 0 Å². The molecule has 5 nitrogen and oxygen atoms in total. The van der Waals surface area contributed by atoms with Crippen LogP contribution in [0.2, 0.25) is 0 Å². The molecule has 1 heterocycles. The van der Waals surface area contributed by atoms with Gasteiger partial charge in [-0.3, -0.25) is 10.1 Å². The third kappa shape index (κ3) is 3.52. The molecule has 1 aromatic heterocycles. The van der Waals surface area contributed by atoms with Crippen molar-refractivity contribution in [3.05, 3.63) is 41.4 Å². The molecule has 0 saturated heterocycles. The van der Waals surface area contributed by atoms with Gasteiger partial charge in [-0.15, -0.1) is 11.3 Å². The predicted octanol–water partition coefficient (Wildman–Crippen LogP) is 2.16. The molecule has 1 unspecified atom stereocenters. The zero-order valence-corrected chi connectivity index (χ0v) is 11.2. The molecule has 2 N–H and O–H groups in total. The first-order valence-corrected chi connectivity index (χ1v) is 6.66. The normalized spacial score (nSPS) is 11.9. The van der Waals surface area contributed by atoms with Crippen LogP contribution in [-0.4, -0.2) is 28.7 Å². The Kier molecular flexibility index (Phi) is 4.48. The van der Waals surface area contributed by atoms with Gasteiger partial charge in [0.05, 0.1) is 12.2 Å². The summed E-state index contributed by atoms with van der Waals surface area (Å²) in [6, 6.07) is 6.90. The second-order valence-corrected chi connectivity index (χ2v) is 4.79. The van der Waals surface area contributed by atoms with Crippen molar-refractivity contribution in [2.24, 2.45) is 0 Å². The number of nitrogens with one attached hydrogen (secondary N) is 1. The van der Waals surface area contributed by atoms with E-state index < -0.39 is 0 Å². The molecular formula is C13H14N2O3S. The van der Waals surface area contributed by atoms with Gasteiger partial charge >= 0.3 is 0 Å². The molecule has 0 aliphatic heterocycles. The molecule has 0 saturated carbocycles. The van der Waals surface area contributed by atoms with Crippen molar-refractivity contribution < 1.29 is 14.6 Å². The predicted molar refractivity (Wildman–Crippen MR) is 73.7 cm³/mol. The van der Waals surface area contributed by atoms with Crippen molar-refractivity contribution in [3.63, 3.8) is 0 Å². The minimum Gasteiger partial charge on any atom is -0.487 e. The highest BCUT2D eigenvalue weighted by Gasteiger charge is 2.14. The minimum absolute atomic E-state index is 0.109. The summed E-state index contributed by atoms with van der Waals surface area (Å²) in [6.07, 6.45) is 1.25. The van der Waals surface area contributed by atoms with E-state index in [0.29, 0.717) is 16.4 Å². The van der Waals surface area contributed by atoms with E-state index in [9.17, 15) is 4.79 Å². The second kappa shape index (κ2) is 6.31. The quantitative estimate of drug-likeness (QED) is 0.879. The van der Waals surface area contributed by atoms with Gasteiger partial charge in [0.1, 0.15) is 11.9 Å². The van der Waals surface area contributed by atoms with E-state index in [0.717, 1.165) is 0 Å². The van der Waals surface area contributed by atoms with Crippen LogP contribution in [0, 0.1) is 0 Å². The summed E-state index contributed by atoms with van der Waals surface area (Å²) in [5, 5.41) is 14.0. The molecule has 1 amide bonds. The average molecular weight is 278 g/mol. The molecule has 6 heteroatoms. The first-order valence-electron chi connectivity index (χ1n) is 5.78. The highest BCUT2D eigenvalue weighted by molar-refractivity contribution is 7.13. The minimum atomic E-state index is -0.367. The third-order valence-electron chi connectivity index (χ3n) is 2.37. The zero-order chi connectivity index (χ0) is 13.7. The van der Waals surface area contributed by atoms with E-state index in [1.165, 1.54) is 11.3 Å². The molecular weight excluding hydrogens is 264 g/mol. The number of benzene rings is 1. The molecule has 0 radical (unpaired) electrons. The number of para-hydroxylation sites is 1. The number of anilines is 1. The molecule has 2 aromatic rings. The summed E-state index contributed by atoms with van der Waals surface area (Å²) in [5.74, 6) is 0.161. The maximum Gasteiger partial charge on any atom is 0.261 e. The number of hydrogen-bond donors (Lipinski definition) is 2. The number of carbonyl (C=O) groups excluding carboxylic acids is 1. The summed E-state index contributed by atoms with van der Waals surface area (Å²) in [6.45, 7) is 1.62. The van der Waals surface area contributed by atoms with E-state index in [1.54, 1.807) is 42.8 Å². The number of ether oxygens (including phenoxy) is 1. The van der Waals surface area contributed by atoms with Crippen molar-refractivity contribution in [1.29, 1.82) is 0 Å². The Morgan fingerprint density at radius 2 is 2.32 bits per heavy atom. The Morgan fingerprint density at radius 1 is 1.53 bits per heavy atom. The fraction of sp³-hybridized carbons (Fsp3) is 0.231.